The zero-order valence-electron chi connectivity index (χ0n) is 12.3. The van der Waals surface area contributed by atoms with Gasteiger partial charge in [-0.3, -0.25) is 9.78 Å². The zero-order chi connectivity index (χ0) is 17.1. The van der Waals surface area contributed by atoms with E-state index in [-0.39, 0.29) is 6.54 Å². The molecule has 122 valence electrons. The molecule has 1 atom stereocenters. The van der Waals surface area contributed by atoms with Crippen LogP contribution in [0.25, 0.3) is 0 Å². The van der Waals surface area contributed by atoms with Crippen LogP contribution in [0.2, 0.25) is 0 Å². The maximum absolute atomic E-state index is 12.9. The van der Waals surface area contributed by atoms with E-state index in [2.05, 4.69) is 10.3 Å². The molecule has 23 heavy (non-hydrogen) atoms. The van der Waals surface area contributed by atoms with Crippen molar-refractivity contribution < 1.29 is 23.1 Å². The summed E-state index contributed by atoms with van der Waals surface area (Å²) in [5, 5.41) is 12.7. The van der Waals surface area contributed by atoms with Crippen molar-refractivity contribution in [1.82, 2.24) is 10.3 Å². The lowest BCUT2D eigenvalue weighted by Crippen LogP contribution is -2.39. The lowest BCUT2D eigenvalue weighted by molar-refractivity contribution is -0.138. The van der Waals surface area contributed by atoms with Gasteiger partial charge in [-0.05, 0) is 24.6 Å². The van der Waals surface area contributed by atoms with Crippen LogP contribution in [0.3, 0.4) is 0 Å². The van der Waals surface area contributed by atoms with Crippen molar-refractivity contribution in [2.75, 3.05) is 6.54 Å². The first kappa shape index (κ1) is 17.0. The average molecular weight is 324 g/mol. The molecule has 1 heterocycles. The SMILES string of the molecule is CC(O)(CNC(=O)c1ncccc1C(F)(F)F)c1ccccc1. The topological polar surface area (TPSA) is 62.2 Å². The largest absolute Gasteiger partial charge is 0.418 e. The summed E-state index contributed by atoms with van der Waals surface area (Å²) in [6.45, 7) is 1.22. The van der Waals surface area contributed by atoms with Gasteiger partial charge in [0, 0.05) is 6.20 Å². The third-order valence-corrected chi connectivity index (χ3v) is 3.32. The number of hydrogen-bond donors (Lipinski definition) is 2. The summed E-state index contributed by atoms with van der Waals surface area (Å²) in [5.74, 6) is -0.992. The molecule has 0 aliphatic heterocycles. The molecule has 1 unspecified atom stereocenters. The summed E-state index contributed by atoms with van der Waals surface area (Å²) in [6.07, 6.45) is -3.57. The number of alkyl halides is 3. The summed E-state index contributed by atoms with van der Waals surface area (Å²) >= 11 is 0. The summed E-state index contributed by atoms with van der Waals surface area (Å²) in [6, 6.07) is 10.4. The highest BCUT2D eigenvalue weighted by Crippen LogP contribution is 2.31. The summed E-state index contributed by atoms with van der Waals surface area (Å²) in [4.78, 5) is 15.5. The van der Waals surface area contributed by atoms with Crippen LogP contribution in [0.15, 0.2) is 48.7 Å². The molecule has 0 aliphatic rings. The summed E-state index contributed by atoms with van der Waals surface area (Å²) in [5.41, 5.74) is -2.71. The Bertz CT molecular complexity index is 685. The maximum Gasteiger partial charge on any atom is 0.418 e. The minimum absolute atomic E-state index is 0.246. The van der Waals surface area contributed by atoms with E-state index in [0.717, 1.165) is 18.3 Å². The zero-order valence-corrected chi connectivity index (χ0v) is 12.3. The number of nitrogens with one attached hydrogen (secondary N) is 1. The fourth-order valence-corrected chi connectivity index (χ4v) is 2.05. The minimum Gasteiger partial charge on any atom is -0.384 e. The first-order chi connectivity index (χ1) is 10.7. The number of nitrogens with zero attached hydrogens (tertiary/aromatic N) is 1. The Morgan fingerprint density at radius 2 is 1.83 bits per heavy atom. The van der Waals surface area contributed by atoms with Gasteiger partial charge in [0.05, 0.1) is 12.1 Å². The van der Waals surface area contributed by atoms with Gasteiger partial charge < -0.3 is 10.4 Å². The molecule has 1 aromatic carbocycles. The number of amides is 1. The molecule has 7 heteroatoms. The standard InChI is InChI=1S/C16H15F3N2O2/c1-15(23,11-6-3-2-4-7-11)10-21-14(22)13-12(16(17,18)19)8-5-9-20-13/h2-9,23H,10H2,1H3,(H,21,22). The molecule has 2 aromatic rings. The number of pyridine rings is 1. The first-order valence-electron chi connectivity index (χ1n) is 6.80. The van der Waals surface area contributed by atoms with E-state index in [0.29, 0.717) is 5.56 Å². The quantitative estimate of drug-likeness (QED) is 0.909. The first-order valence-corrected chi connectivity index (χ1v) is 6.80. The Kier molecular flexibility index (Phi) is 4.70. The van der Waals surface area contributed by atoms with Gasteiger partial charge in [-0.15, -0.1) is 0 Å². The van der Waals surface area contributed by atoms with Crippen molar-refractivity contribution in [3.8, 4) is 0 Å². The van der Waals surface area contributed by atoms with E-state index < -0.39 is 28.9 Å². The molecule has 1 amide bonds. The lowest BCUT2D eigenvalue weighted by atomic mass is 9.96. The van der Waals surface area contributed by atoms with Gasteiger partial charge in [0.25, 0.3) is 5.91 Å². The number of hydrogen-bond acceptors (Lipinski definition) is 3. The van der Waals surface area contributed by atoms with Crippen LogP contribution in [0.4, 0.5) is 13.2 Å². The number of carbonyl (C=O) groups is 1. The van der Waals surface area contributed by atoms with Crippen LogP contribution >= 0.6 is 0 Å². The van der Waals surface area contributed by atoms with E-state index in [1.54, 1.807) is 30.3 Å². The Morgan fingerprint density at radius 3 is 2.43 bits per heavy atom. The van der Waals surface area contributed by atoms with Crippen LogP contribution in [-0.2, 0) is 11.8 Å². The summed E-state index contributed by atoms with van der Waals surface area (Å²) in [7, 11) is 0. The Hall–Kier alpha value is -2.41. The van der Waals surface area contributed by atoms with E-state index in [4.69, 9.17) is 0 Å². The molecule has 2 N–H and O–H groups in total. The van der Waals surface area contributed by atoms with Gasteiger partial charge in [-0.1, -0.05) is 30.3 Å². The summed E-state index contributed by atoms with van der Waals surface area (Å²) < 4.78 is 38.6. The Balaban J connectivity index is 2.15. The van der Waals surface area contributed by atoms with Crippen molar-refractivity contribution in [2.45, 2.75) is 18.7 Å². The molecule has 4 nitrogen and oxygen atoms in total. The normalized spacial score (nSPS) is 14.1. The molecular weight excluding hydrogens is 309 g/mol. The van der Waals surface area contributed by atoms with E-state index in [1.807, 2.05) is 0 Å². The third kappa shape index (κ3) is 4.07. The minimum atomic E-state index is -4.68. The molecule has 0 bridgehead atoms. The van der Waals surface area contributed by atoms with Crippen LogP contribution in [0.5, 0.6) is 0 Å². The van der Waals surface area contributed by atoms with Crippen molar-refractivity contribution in [3.63, 3.8) is 0 Å². The lowest BCUT2D eigenvalue weighted by Gasteiger charge is -2.24. The number of halogens is 3. The van der Waals surface area contributed by atoms with Gasteiger partial charge in [-0.2, -0.15) is 13.2 Å². The monoisotopic (exact) mass is 324 g/mol. The van der Waals surface area contributed by atoms with Crippen LogP contribution < -0.4 is 5.32 Å². The number of carbonyl (C=O) groups excluding carboxylic acids is 1. The molecule has 0 saturated carbocycles. The molecule has 0 saturated heterocycles. The molecule has 0 aliphatic carbocycles. The highest BCUT2D eigenvalue weighted by molar-refractivity contribution is 5.93. The van der Waals surface area contributed by atoms with Gasteiger partial charge in [0.2, 0.25) is 0 Å². The second-order valence-corrected chi connectivity index (χ2v) is 5.22. The highest BCUT2D eigenvalue weighted by atomic mass is 19.4. The molecule has 1 aromatic heterocycles. The number of aromatic nitrogens is 1. The van der Waals surface area contributed by atoms with Gasteiger partial charge >= 0.3 is 6.18 Å². The second kappa shape index (κ2) is 6.37. The van der Waals surface area contributed by atoms with Gasteiger partial charge in [0.15, 0.2) is 0 Å². The second-order valence-electron chi connectivity index (χ2n) is 5.22. The predicted molar refractivity (Wildman–Crippen MR) is 77.6 cm³/mol. The number of rotatable bonds is 4. The van der Waals surface area contributed by atoms with Crippen LogP contribution in [0.1, 0.15) is 28.5 Å². The number of aliphatic hydroxyl groups is 1. The van der Waals surface area contributed by atoms with Crippen molar-refractivity contribution in [2.24, 2.45) is 0 Å². The maximum atomic E-state index is 12.9. The van der Waals surface area contributed by atoms with Crippen molar-refractivity contribution in [3.05, 3.63) is 65.5 Å². The Morgan fingerprint density at radius 1 is 1.17 bits per heavy atom. The average Bonchev–Trinajstić information content (AvgIpc) is 2.53. The fraction of sp³-hybridized carbons (Fsp3) is 0.250. The van der Waals surface area contributed by atoms with Crippen molar-refractivity contribution >= 4 is 5.91 Å². The smallest absolute Gasteiger partial charge is 0.384 e. The highest BCUT2D eigenvalue weighted by Gasteiger charge is 2.36. The van der Waals surface area contributed by atoms with Crippen molar-refractivity contribution in [1.29, 1.82) is 0 Å². The molecule has 2 rings (SSSR count). The molecule has 0 radical (unpaired) electrons. The Labute approximate surface area is 131 Å². The van der Waals surface area contributed by atoms with Crippen LogP contribution in [0, 0.1) is 0 Å². The molecule has 0 spiro atoms. The van der Waals surface area contributed by atoms with E-state index >= 15 is 0 Å². The third-order valence-electron chi connectivity index (χ3n) is 3.32. The van der Waals surface area contributed by atoms with Crippen LogP contribution in [-0.4, -0.2) is 22.5 Å². The predicted octanol–water partition coefficient (Wildman–Crippen LogP) is 2.74. The number of benzene rings is 1. The van der Waals surface area contributed by atoms with E-state index in [1.165, 1.54) is 6.92 Å². The van der Waals surface area contributed by atoms with Gasteiger partial charge in [0.1, 0.15) is 11.3 Å². The van der Waals surface area contributed by atoms with E-state index in [9.17, 15) is 23.1 Å². The molecular formula is C16H15F3N2O2. The molecule has 0 fully saturated rings. The fourth-order valence-electron chi connectivity index (χ4n) is 2.05. The van der Waals surface area contributed by atoms with Gasteiger partial charge in [-0.25, -0.2) is 0 Å².